The van der Waals surface area contributed by atoms with Crippen molar-refractivity contribution in [1.82, 2.24) is 10.1 Å². The molecule has 0 saturated carbocycles. The van der Waals surface area contributed by atoms with Crippen molar-refractivity contribution in [3.8, 4) is 5.75 Å². The topological polar surface area (TPSA) is 60.2 Å². The molecule has 0 fully saturated rings. The molecule has 0 radical (unpaired) electrons. The maximum atomic E-state index is 6.03. The van der Waals surface area contributed by atoms with Crippen LogP contribution in [-0.4, -0.2) is 10.1 Å². The number of ether oxygens (including phenoxy) is 1. The third-order valence-electron chi connectivity index (χ3n) is 3.90. The maximum absolute atomic E-state index is 6.03. The highest BCUT2D eigenvalue weighted by Crippen LogP contribution is 2.34. The van der Waals surface area contributed by atoms with Crippen LogP contribution in [0.5, 0.6) is 5.75 Å². The zero-order chi connectivity index (χ0) is 17.1. The lowest BCUT2D eigenvalue weighted by molar-refractivity contribution is 0.310. The number of anilines is 2. The third-order valence-corrected chi connectivity index (χ3v) is 3.90. The van der Waals surface area contributed by atoms with E-state index in [1.165, 1.54) is 5.56 Å². The van der Waals surface area contributed by atoms with Gasteiger partial charge in [-0.2, -0.15) is 0 Å². The lowest BCUT2D eigenvalue weighted by Crippen LogP contribution is -1.97. The van der Waals surface area contributed by atoms with E-state index in [0.29, 0.717) is 18.0 Å². The first kappa shape index (κ1) is 15.2. The Morgan fingerprint density at radius 3 is 2.72 bits per heavy atom. The van der Waals surface area contributed by atoms with Crippen LogP contribution in [0.1, 0.15) is 11.1 Å². The van der Waals surface area contributed by atoms with Crippen LogP contribution in [0.2, 0.25) is 0 Å². The third kappa shape index (κ3) is 3.30. The number of nitrogens with zero attached hydrogens (tertiary/aromatic N) is 2. The van der Waals surface area contributed by atoms with Crippen LogP contribution in [-0.2, 0) is 6.61 Å². The van der Waals surface area contributed by atoms with Gasteiger partial charge >= 0.3 is 0 Å². The number of hydrogen-bond donors (Lipinski definition) is 1. The molecular weight excluding hydrogens is 314 g/mol. The largest absolute Gasteiger partial charge is 0.488 e. The highest BCUT2D eigenvalue weighted by Gasteiger charge is 2.14. The first-order valence-electron chi connectivity index (χ1n) is 8.03. The highest BCUT2D eigenvalue weighted by molar-refractivity contribution is 5.95. The molecule has 0 atom stereocenters. The molecular formula is C20H17N3O2. The van der Waals surface area contributed by atoms with Crippen LogP contribution in [0, 0.1) is 6.92 Å². The minimum absolute atomic E-state index is 0.483. The molecule has 5 nitrogen and oxygen atoms in total. The first-order valence-corrected chi connectivity index (χ1v) is 8.03. The standard InChI is InChI=1S/C20H17N3O2/c1-14-7-9-15(10-8-14)13-24-17-5-2-6-18-19(17)20(23-25-18)22-16-4-3-11-21-12-16/h2-12H,13H2,1H3,(H,22,23). The average molecular weight is 331 g/mol. The molecule has 0 amide bonds. The van der Waals surface area contributed by atoms with Crippen molar-refractivity contribution >= 4 is 22.5 Å². The second-order valence-electron chi connectivity index (χ2n) is 5.80. The fraction of sp³-hybridized carbons (Fsp3) is 0.100. The Morgan fingerprint density at radius 1 is 1.04 bits per heavy atom. The van der Waals surface area contributed by atoms with E-state index in [9.17, 15) is 0 Å². The van der Waals surface area contributed by atoms with Gasteiger partial charge in [0.15, 0.2) is 11.4 Å². The van der Waals surface area contributed by atoms with Gasteiger partial charge in [-0.3, -0.25) is 4.98 Å². The summed E-state index contributed by atoms with van der Waals surface area (Å²) < 4.78 is 11.4. The number of pyridine rings is 1. The van der Waals surface area contributed by atoms with Gasteiger partial charge < -0.3 is 14.6 Å². The summed E-state index contributed by atoms with van der Waals surface area (Å²) in [6, 6.07) is 17.8. The molecule has 2 aromatic carbocycles. The minimum Gasteiger partial charge on any atom is -0.488 e. The molecule has 0 spiro atoms. The van der Waals surface area contributed by atoms with E-state index in [1.807, 2.05) is 30.3 Å². The predicted octanol–water partition coefficient (Wildman–Crippen LogP) is 4.85. The maximum Gasteiger partial charge on any atom is 0.185 e. The predicted molar refractivity (Wildman–Crippen MR) is 97.0 cm³/mol. The molecule has 0 saturated heterocycles. The van der Waals surface area contributed by atoms with E-state index in [1.54, 1.807) is 12.4 Å². The normalized spacial score (nSPS) is 10.8. The van der Waals surface area contributed by atoms with Crippen molar-refractivity contribution in [2.24, 2.45) is 0 Å². The Balaban J connectivity index is 1.62. The van der Waals surface area contributed by atoms with E-state index < -0.39 is 0 Å². The molecule has 4 rings (SSSR count). The number of rotatable bonds is 5. The van der Waals surface area contributed by atoms with Gasteiger partial charge in [-0.05, 0) is 36.8 Å². The molecule has 4 aromatic rings. The first-order chi connectivity index (χ1) is 12.3. The number of aryl methyl sites for hydroxylation is 1. The van der Waals surface area contributed by atoms with E-state index in [0.717, 1.165) is 22.4 Å². The summed E-state index contributed by atoms with van der Waals surface area (Å²) in [5, 5.41) is 8.17. The Hall–Kier alpha value is -3.34. The van der Waals surface area contributed by atoms with Crippen LogP contribution in [0.3, 0.4) is 0 Å². The zero-order valence-electron chi connectivity index (χ0n) is 13.8. The highest BCUT2D eigenvalue weighted by atomic mass is 16.5. The second kappa shape index (κ2) is 6.65. The van der Waals surface area contributed by atoms with Crippen molar-refractivity contribution in [2.45, 2.75) is 13.5 Å². The van der Waals surface area contributed by atoms with Gasteiger partial charge in [-0.25, -0.2) is 0 Å². The second-order valence-corrected chi connectivity index (χ2v) is 5.80. The summed E-state index contributed by atoms with van der Waals surface area (Å²) in [7, 11) is 0. The van der Waals surface area contributed by atoms with Crippen LogP contribution in [0.25, 0.3) is 11.0 Å². The molecule has 0 aliphatic heterocycles. The van der Waals surface area contributed by atoms with E-state index in [-0.39, 0.29) is 0 Å². The van der Waals surface area contributed by atoms with Gasteiger partial charge in [0.2, 0.25) is 0 Å². The van der Waals surface area contributed by atoms with Crippen molar-refractivity contribution < 1.29 is 9.26 Å². The molecule has 2 aromatic heterocycles. The Kier molecular flexibility index (Phi) is 4.04. The molecule has 5 heteroatoms. The minimum atomic E-state index is 0.483. The van der Waals surface area contributed by atoms with Crippen molar-refractivity contribution in [3.63, 3.8) is 0 Å². The van der Waals surface area contributed by atoms with Gasteiger partial charge in [0, 0.05) is 6.20 Å². The number of benzene rings is 2. The van der Waals surface area contributed by atoms with Gasteiger partial charge in [-0.15, -0.1) is 0 Å². The molecule has 0 unspecified atom stereocenters. The molecule has 0 bridgehead atoms. The Morgan fingerprint density at radius 2 is 1.92 bits per heavy atom. The molecule has 0 aliphatic carbocycles. The zero-order valence-corrected chi connectivity index (χ0v) is 13.8. The van der Waals surface area contributed by atoms with Gasteiger partial charge in [0.1, 0.15) is 17.7 Å². The molecule has 25 heavy (non-hydrogen) atoms. The quantitative estimate of drug-likeness (QED) is 0.566. The molecule has 124 valence electrons. The van der Waals surface area contributed by atoms with Gasteiger partial charge in [0.25, 0.3) is 0 Å². The van der Waals surface area contributed by atoms with Crippen molar-refractivity contribution in [3.05, 3.63) is 78.1 Å². The van der Waals surface area contributed by atoms with E-state index in [2.05, 4.69) is 46.6 Å². The summed E-state index contributed by atoms with van der Waals surface area (Å²) in [6.07, 6.45) is 3.46. The monoisotopic (exact) mass is 331 g/mol. The van der Waals surface area contributed by atoms with Crippen LogP contribution in [0.15, 0.2) is 71.5 Å². The summed E-state index contributed by atoms with van der Waals surface area (Å²) in [4.78, 5) is 4.10. The summed E-state index contributed by atoms with van der Waals surface area (Å²) in [6.45, 7) is 2.55. The van der Waals surface area contributed by atoms with E-state index >= 15 is 0 Å². The Labute approximate surface area is 145 Å². The number of aromatic nitrogens is 2. The summed E-state index contributed by atoms with van der Waals surface area (Å²) in [5.74, 6) is 1.34. The van der Waals surface area contributed by atoms with Gasteiger partial charge in [-0.1, -0.05) is 41.1 Å². The van der Waals surface area contributed by atoms with Gasteiger partial charge in [0.05, 0.1) is 11.9 Å². The smallest absolute Gasteiger partial charge is 0.185 e. The number of hydrogen-bond acceptors (Lipinski definition) is 5. The molecule has 1 N–H and O–H groups in total. The summed E-state index contributed by atoms with van der Waals surface area (Å²) >= 11 is 0. The van der Waals surface area contributed by atoms with Crippen LogP contribution < -0.4 is 10.1 Å². The van der Waals surface area contributed by atoms with Crippen molar-refractivity contribution in [1.29, 1.82) is 0 Å². The fourth-order valence-corrected chi connectivity index (χ4v) is 2.59. The summed E-state index contributed by atoms with van der Waals surface area (Å²) in [5.41, 5.74) is 3.85. The van der Waals surface area contributed by atoms with Crippen LogP contribution in [0.4, 0.5) is 11.5 Å². The van der Waals surface area contributed by atoms with E-state index in [4.69, 9.17) is 9.26 Å². The number of fused-ring (bicyclic) bond motifs is 1. The van der Waals surface area contributed by atoms with Crippen LogP contribution >= 0.6 is 0 Å². The SMILES string of the molecule is Cc1ccc(COc2cccc3onc(Nc4cccnc4)c23)cc1. The molecule has 2 heterocycles. The fourth-order valence-electron chi connectivity index (χ4n) is 2.59. The lowest BCUT2D eigenvalue weighted by atomic mass is 10.2. The molecule has 0 aliphatic rings. The number of nitrogens with one attached hydrogen (secondary N) is 1. The average Bonchev–Trinajstić information content (AvgIpc) is 3.06. The Bertz CT molecular complexity index is 979. The van der Waals surface area contributed by atoms with Crippen molar-refractivity contribution in [2.75, 3.05) is 5.32 Å². The lowest BCUT2D eigenvalue weighted by Gasteiger charge is -2.09.